The maximum absolute atomic E-state index is 15.7. The predicted molar refractivity (Wildman–Crippen MR) is 137 cm³/mol. The summed E-state index contributed by atoms with van der Waals surface area (Å²) < 4.78 is 52.1. The van der Waals surface area contributed by atoms with Gasteiger partial charge in [-0.2, -0.15) is 0 Å². The van der Waals surface area contributed by atoms with Crippen LogP contribution < -0.4 is 4.74 Å². The Morgan fingerprint density at radius 2 is 1.76 bits per heavy atom. The molecule has 0 saturated heterocycles. The number of alkyl halides is 1. The van der Waals surface area contributed by atoms with Crippen LogP contribution in [0, 0.1) is 11.6 Å². The summed E-state index contributed by atoms with van der Waals surface area (Å²) in [6.07, 6.45) is 1.28. The lowest BCUT2D eigenvalue weighted by Crippen LogP contribution is -2.47. The van der Waals surface area contributed by atoms with Crippen molar-refractivity contribution in [1.29, 1.82) is 0 Å². The SMILES string of the molecule is C[C@@H]1CC2=C(Cc3ccccc32)[C@@H](c2c(F)cc(OCc3cccc(CO)n3)cc2F)N1CC(C)(C)F. The van der Waals surface area contributed by atoms with E-state index in [1.54, 1.807) is 18.2 Å². The minimum absolute atomic E-state index is 0.000689. The fourth-order valence-corrected chi connectivity index (χ4v) is 5.61. The van der Waals surface area contributed by atoms with E-state index >= 15 is 8.78 Å². The molecule has 3 aromatic rings. The van der Waals surface area contributed by atoms with Crippen molar-refractivity contribution < 1.29 is 23.0 Å². The van der Waals surface area contributed by atoms with Crippen LogP contribution in [-0.2, 0) is 19.6 Å². The van der Waals surface area contributed by atoms with Crippen molar-refractivity contribution in [3.05, 3.63) is 99.9 Å². The molecule has 2 heterocycles. The van der Waals surface area contributed by atoms with Gasteiger partial charge < -0.3 is 9.84 Å². The van der Waals surface area contributed by atoms with Gasteiger partial charge in [0.15, 0.2) is 0 Å². The Balaban J connectivity index is 1.51. The summed E-state index contributed by atoms with van der Waals surface area (Å²) >= 11 is 0. The normalized spacial score (nSPS) is 19.6. The molecule has 1 aromatic heterocycles. The number of aromatic nitrogens is 1. The summed E-state index contributed by atoms with van der Waals surface area (Å²) in [5.74, 6) is -1.41. The highest BCUT2D eigenvalue weighted by Crippen LogP contribution is 2.50. The Hall–Kier alpha value is -3.16. The molecule has 0 saturated carbocycles. The molecule has 1 aliphatic heterocycles. The number of fused-ring (bicyclic) bond motifs is 2. The van der Waals surface area contributed by atoms with Crippen LogP contribution in [0.15, 0.2) is 60.2 Å². The molecule has 0 unspecified atom stereocenters. The Morgan fingerprint density at radius 3 is 2.46 bits per heavy atom. The van der Waals surface area contributed by atoms with Crippen molar-refractivity contribution in [3.63, 3.8) is 0 Å². The van der Waals surface area contributed by atoms with Gasteiger partial charge in [0, 0.05) is 30.3 Å². The third-order valence-corrected chi connectivity index (χ3v) is 7.14. The standard InChI is InChI=1S/C30H31F3N2O2/c1-18-11-24-23-10-5-4-7-19(23)12-25(24)29(35(18)17-30(2,3)33)28-26(31)13-22(14-27(28)32)37-16-21-9-6-8-20(15-36)34-21/h4-10,13-14,18,29,36H,11-12,15-17H2,1-3H3/t18-,29+/m1/s1. The van der Waals surface area contributed by atoms with Gasteiger partial charge in [-0.05, 0) is 68.0 Å². The molecule has 2 atom stereocenters. The molecule has 1 N–H and O–H groups in total. The molecule has 2 aliphatic rings. The van der Waals surface area contributed by atoms with Gasteiger partial charge in [0.25, 0.3) is 0 Å². The molecule has 0 radical (unpaired) electrons. The smallest absolute Gasteiger partial charge is 0.134 e. The molecule has 37 heavy (non-hydrogen) atoms. The highest BCUT2D eigenvalue weighted by atomic mass is 19.1. The molecule has 0 spiro atoms. The van der Waals surface area contributed by atoms with Gasteiger partial charge in [0.05, 0.1) is 24.0 Å². The molecule has 0 bridgehead atoms. The monoisotopic (exact) mass is 508 g/mol. The van der Waals surface area contributed by atoms with Crippen LogP contribution in [0.25, 0.3) is 5.57 Å². The van der Waals surface area contributed by atoms with E-state index in [1.807, 2.05) is 30.0 Å². The molecule has 1 aliphatic carbocycles. The maximum atomic E-state index is 15.7. The molecule has 5 rings (SSSR count). The first-order valence-corrected chi connectivity index (χ1v) is 12.6. The van der Waals surface area contributed by atoms with E-state index in [2.05, 4.69) is 11.1 Å². The highest BCUT2D eigenvalue weighted by Gasteiger charge is 2.42. The third kappa shape index (κ3) is 5.15. The number of hydrogen-bond donors (Lipinski definition) is 1. The zero-order valence-electron chi connectivity index (χ0n) is 21.3. The van der Waals surface area contributed by atoms with E-state index in [0.717, 1.165) is 22.3 Å². The molecule has 2 aromatic carbocycles. The topological polar surface area (TPSA) is 45.6 Å². The third-order valence-electron chi connectivity index (χ3n) is 7.14. The molecular formula is C30H31F3N2O2. The van der Waals surface area contributed by atoms with Gasteiger partial charge in [0.2, 0.25) is 0 Å². The Morgan fingerprint density at radius 1 is 1.05 bits per heavy atom. The maximum Gasteiger partial charge on any atom is 0.134 e. The van der Waals surface area contributed by atoms with Gasteiger partial charge in [0.1, 0.15) is 29.7 Å². The van der Waals surface area contributed by atoms with Gasteiger partial charge in [-0.3, -0.25) is 9.88 Å². The van der Waals surface area contributed by atoms with Crippen molar-refractivity contribution in [1.82, 2.24) is 9.88 Å². The van der Waals surface area contributed by atoms with E-state index in [0.29, 0.717) is 24.2 Å². The van der Waals surface area contributed by atoms with Crippen molar-refractivity contribution >= 4 is 5.57 Å². The lowest BCUT2D eigenvalue weighted by atomic mass is 9.84. The Kier molecular flexibility index (Phi) is 6.86. The first kappa shape index (κ1) is 25.5. The summed E-state index contributed by atoms with van der Waals surface area (Å²) in [4.78, 5) is 6.14. The fourth-order valence-electron chi connectivity index (χ4n) is 5.61. The number of benzene rings is 2. The molecule has 194 valence electrons. The van der Waals surface area contributed by atoms with Crippen molar-refractivity contribution in [2.75, 3.05) is 6.54 Å². The number of hydrogen-bond acceptors (Lipinski definition) is 4. The summed E-state index contributed by atoms with van der Waals surface area (Å²) in [7, 11) is 0. The second-order valence-electron chi connectivity index (χ2n) is 10.6. The van der Waals surface area contributed by atoms with Crippen LogP contribution >= 0.6 is 0 Å². The minimum Gasteiger partial charge on any atom is -0.487 e. The average molecular weight is 509 g/mol. The fraction of sp³-hybridized carbons (Fsp3) is 0.367. The van der Waals surface area contributed by atoms with Crippen molar-refractivity contribution in [2.45, 2.75) is 64.6 Å². The molecular weight excluding hydrogens is 477 g/mol. The van der Waals surface area contributed by atoms with Gasteiger partial charge >= 0.3 is 0 Å². The summed E-state index contributed by atoms with van der Waals surface area (Å²) in [6.45, 7) is 4.82. The van der Waals surface area contributed by atoms with Gasteiger partial charge in [-0.1, -0.05) is 30.3 Å². The van der Waals surface area contributed by atoms with Crippen LogP contribution in [-0.4, -0.2) is 33.2 Å². The van der Waals surface area contributed by atoms with E-state index in [4.69, 9.17) is 4.74 Å². The minimum atomic E-state index is -1.54. The Bertz CT molecular complexity index is 1330. The van der Waals surface area contributed by atoms with E-state index in [9.17, 15) is 9.50 Å². The van der Waals surface area contributed by atoms with Crippen LogP contribution in [0.5, 0.6) is 5.75 Å². The molecule has 7 heteroatoms. The van der Waals surface area contributed by atoms with Crippen LogP contribution in [0.3, 0.4) is 0 Å². The van der Waals surface area contributed by atoms with Crippen molar-refractivity contribution in [3.8, 4) is 5.75 Å². The highest BCUT2D eigenvalue weighted by molar-refractivity contribution is 5.79. The van der Waals surface area contributed by atoms with Crippen molar-refractivity contribution in [2.24, 2.45) is 0 Å². The van der Waals surface area contributed by atoms with E-state index < -0.39 is 23.3 Å². The van der Waals surface area contributed by atoms with E-state index in [-0.39, 0.29) is 37.1 Å². The van der Waals surface area contributed by atoms with Crippen LogP contribution in [0.1, 0.15) is 61.3 Å². The number of nitrogens with zero attached hydrogens (tertiary/aromatic N) is 2. The van der Waals surface area contributed by atoms with Gasteiger partial charge in [-0.25, -0.2) is 13.2 Å². The zero-order chi connectivity index (χ0) is 26.3. The number of aliphatic hydroxyl groups is 1. The lowest BCUT2D eigenvalue weighted by Gasteiger charge is -2.44. The molecule has 0 fully saturated rings. The van der Waals surface area contributed by atoms with E-state index in [1.165, 1.54) is 26.0 Å². The lowest BCUT2D eigenvalue weighted by molar-refractivity contribution is 0.0676. The van der Waals surface area contributed by atoms with Gasteiger partial charge in [-0.15, -0.1) is 0 Å². The second-order valence-corrected chi connectivity index (χ2v) is 10.6. The zero-order valence-corrected chi connectivity index (χ0v) is 21.3. The number of halogens is 3. The number of ether oxygens (including phenoxy) is 1. The van der Waals surface area contributed by atoms with Crippen LogP contribution in [0.2, 0.25) is 0 Å². The molecule has 4 nitrogen and oxygen atoms in total. The summed E-state index contributed by atoms with van der Waals surface area (Å²) in [6, 6.07) is 14.7. The number of pyridine rings is 1. The second kappa shape index (κ2) is 9.95. The summed E-state index contributed by atoms with van der Waals surface area (Å²) in [5.41, 5.74) is 3.68. The van der Waals surface area contributed by atoms with Crippen LogP contribution in [0.4, 0.5) is 13.2 Å². The number of aliphatic hydroxyl groups excluding tert-OH is 1. The quantitative estimate of drug-likeness (QED) is 0.406. The average Bonchev–Trinajstić information content (AvgIpc) is 3.21. The predicted octanol–water partition coefficient (Wildman–Crippen LogP) is 6.32. The summed E-state index contributed by atoms with van der Waals surface area (Å²) in [5, 5.41) is 9.27. The first-order valence-electron chi connectivity index (χ1n) is 12.6. The largest absolute Gasteiger partial charge is 0.487 e. The number of rotatable bonds is 7. The molecule has 0 amide bonds. The Labute approximate surface area is 215 Å². The first-order chi connectivity index (χ1) is 17.6.